The van der Waals surface area contributed by atoms with E-state index < -0.39 is 8.07 Å². The first-order valence-electron chi connectivity index (χ1n) is 17.3. The fraction of sp³-hybridized carbons (Fsp3) is 0. The monoisotopic (exact) mass is 683 g/mol. The molecule has 10 aromatic rings. The lowest BCUT2D eigenvalue weighted by atomic mass is 10.1. The van der Waals surface area contributed by atoms with Crippen LogP contribution in [0.3, 0.4) is 0 Å². The van der Waals surface area contributed by atoms with E-state index in [1.165, 1.54) is 57.3 Å². The Morgan fingerprint density at radius 3 is 1.82 bits per heavy atom. The summed E-state index contributed by atoms with van der Waals surface area (Å²) >= 11 is 1.86. The highest BCUT2D eigenvalue weighted by Gasteiger charge is 2.51. The van der Waals surface area contributed by atoms with E-state index in [2.05, 4.69) is 180 Å². The Balaban J connectivity index is 1.31. The summed E-state index contributed by atoms with van der Waals surface area (Å²) in [5.41, 5.74) is 6.54. The molecule has 238 valence electrons. The molecule has 0 fully saturated rings. The van der Waals surface area contributed by atoms with Gasteiger partial charge < -0.3 is 0 Å². The minimum absolute atomic E-state index is 0.693. The van der Waals surface area contributed by atoms with Gasteiger partial charge in [0, 0.05) is 47.3 Å². The molecule has 1 aliphatic heterocycles. The van der Waals surface area contributed by atoms with Crippen LogP contribution in [0.5, 0.6) is 0 Å². The van der Waals surface area contributed by atoms with Crippen molar-refractivity contribution in [1.82, 2.24) is 14.5 Å². The van der Waals surface area contributed by atoms with Crippen molar-refractivity contribution in [2.45, 2.75) is 0 Å². The number of benzene rings is 7. The standard InChI is InChI=1S/C46H29N3SSi/c1-4-16-30(17-5-1)43-45-44(35-24-12-15-27-42(35)51(45,31-18-6-2-7-19-31)32-20-8-3-9-21-32)48-46(47-43)49-38-25-13-10-22-33(38)36-29-41-37(28-39(36)49)34-23-11-14-26-40(34)50-41/h1-29H. The molecule has 0 bridgehead atoms. The summed E-state index contributed by atoms with van der Waals surface area (Å²) in [6, 6.07) is 64.1. The highest BCUT2D eigenvalue weighted by Crippen LogP contribution is 2.41. The SMILES string of the molecule is c1ccc(-c2nc(-n3c4ccccc4c4cc5sc6ccccc6c5cc43)nc3c2[Si](c2ccccc2)(c2ccccc2)c2ccccc2-3)cc1. The third-order valence-corrected chi connectivity index (χ3v) is 16.7. The van der Waals surface area contributed by atoms with Crippen LogP contribution < -0.4 is 20.7 Å². The largest absolute Gasteiger partial charge is 0.278 e. The van der Waals surface area contributed by atoms with E-state index in [0.29, 0.717) is 5.95 Å². The van der Waals surface area contributed by atoms with Gasteiger partial charge >= 0.3 is 0 Å². The van der Waals surface area contributed by atoms with Crippen LogP contribution in [0.15, 0.2) is 176 Å². The summed E-state index contributed by atoms with van der Waals surface area (Å²) in [4.78, 5) is 11.4. The van der Waals surface area contributed by atoms with Gasteiger partial charge in [-0.15, -0.1) is 11.3 Å². The number of aromatic nitrogens is 3. The van der Waals surface area contributed by atoms with Crippen LogP contribution >= 0.6 is 11.3 Å². The molecule has 7 aromatic carbocycles. The highest BCUT2D eigenvalue weighted by atomic mass is 32.1. The molecule has 0 radical (unpaired) electrons. The van der Waals surface area contributed by atoms with Crippen LogP contribution in [0.1, 0.15) is 0 Å². The molecule has 3 nitrogen and oxygen atoms in total. The van der Waals surface area contributed by atoms with E-state index in [1.807, 2.05) is 11.3 Å². The van der Waals surface area contributed by atoms with Crippen molar-refractivity contribution in [3.05, 3.63) is 176 Å². The Morgan fingerprint density at radius 2 is 1.06 bits per heavy atom. The van der Waals surface area contributed by atoms with E-state index in [4.69, 9.17) is 9.97 Å². The van der Waals surface area contributed by atoms with Crippen molar-refractivity contribution in [3.63, 3.8) is 0 Å². The molecule has 0 amide bonds. The molecule has 51 heavy (non-hydrogen) atoms. The van der Waals surface area contributed by atoms with Crippen LogP contribution in [-0.2, 0) is 0 Å². The second kappa shape index (κ2) is 10.9. The quantitative estimate of drug-likeness (QED) is 0.174. The lowest BCUT2D eigenvalue weighted by Crippen LogP contribution is -2.73. The first kappa shape index (κ1) is 28.7. The molecule has 0 unspecified atom stereocenters. The first-order valence-corrected chi connectivity index (χ1v) is 20.2. The van der Waals surface area contributed by atoms with E-state index in [-0.39, 0.29) is 0 Å². The van der Waals surface area contributed by atoms with Gasteiger partial charge in [0.2, 0.25) is 5.95 Å². The lowest BCUT2D eigenvalue weighted by Gasteiger charge is -2.32. The number of hydrogen-bond acceptors (Lipinski definition) is 3. The highest BCUT2D eigenvalue weighted by molar-refractivity contribution is 7.26. The average molecular weight is 684 g/mol. The minimum atomic E-state index is -2.86. The molecule has 0 saturated carbocycles. The van der Waals surface area contributed by atoms with Gasteiger partial charge in [-0.25, -0.2) is 9.97 Å². The Morgan fingerprint density at radius 1 is 0.451 bits per heavy atom. The van der Waals surface area contributed by atoms with Crippen molar-refractivity contribution < 1.29 is 0 Å². The fourth-order valence-electron chi connectivity index (χ4n) is 8.60. The van der Waals surface area contributed by atoms with Gasteiger partial charge in [0.05, 0.1) is 22.4 Å². The summed E-state index contributed by atoms with van der Waals surface area (Å²) < 4.78 is 4.90. The zero-order chi connectivity index (χ0) is 33.5. The van der Waals surface area contributed by atoms with Gasteiger partial charge in [-0.2, -0.15) is 0 Å². The Hall–Kier alpha value is -6.14. The first-order chi connectivity index (χ1) is 25.3. The number of fused-ring (bicyclic) bond motifs is 9. The smallest absolute Gasteiger partial charge is 0.235 e. The zero-order valence-electron chi connectivity index (χ0n) is 27.5. The molecular formula is C46H29N3SSi. The van der Waals surface area contributed by atoms with Crippen LogP contribution in [0.2, 0.25) is 0 Å². The fourth-order valence-corrected chi connectivity index (χ4v) is 15.0. The second-order valence-corrected chi connectivity index (χ2v) is 18.1. The predicted octanol–water partition coefficient (Wildman–Crippen LogP) is 8.97. The van der Waals surface area contributed by atoms with Crippen molar-refractivity contribution in [2.24, 2.45) is 0 Å². The van der Waals surface area contributed by atoms with Crippen LogP contribution in [0, 0.1) is 0 Å². The third kappa shape index (κ3) is 3.99. The van der Waals surface area contributed by atoms with E-state index in [0.717, 1.165) is 28.0 Å². The van der Waals surface area contributed by atoms with Gasteiger partial charge in [0.1, 0.15) is 0 Å². The average Bonchev–Trinajstić information content (AvgIpc) is 3.83. The van der Waals surface area contributed by atoms with E-state index in [1.54, 1.807) is 0 Å². The summed E-state index contributed by atoms with van der Waals surface area (Å²) in [5, 5.41) is 10.2. The molecule has 0 saturated heterocycles. The molecular weight excluding hydrogens is 655 g/mol. The summed E-state index contributed by atoms with van der Waals surface area (Å²) in [5.74, 6) is 0.693. The molecule has 5 heteroatoms. The van der Waals surface area contributed by atoms with E-state index >= 15 is 0 Å². The zero-order valence-corrected chi connectivity index (χ0v) is 29.3. The molecule has 0 aliphatic carbocycles. The Kier molecular flexibility index (Phi) is 6.14. The molecule has 1 aliphatic rings. The maximum atomic E-state index is 5.71. The number of thiophene rings is 1. The number of hydrogen-bond donors (Lipinski definition) is 0. The predicted molar refractivity (Wildman–Crippen MR) is 217 cm³/mol. The van der Waals surface area contributed by atoms with Gasteiger partial charge in [-0.3, -0.25) is 4.57 Å². The van der Waals surface area contributed by atoms with Gasteiger partial charge in [0.25, 0.3) is 0 Å². The van der Waals surface area contributed by atoms with E-state index in [9.17, 15) is 0 Å². The molecule has 4 heterocycles. The molecule has 0 N–H and O–H groups in total. The minimum Gasteiger partial charge on any atom is -0.278 e. The third-order valence-electron chi connectivity index (χ3n) is 10.7. The molecule has 0 atom stereocenters. The van der Waals surface area contributed by atoms with Crippen molar-refractivity contribution in [1.29, 1.82) is 0 Å². The maximum absolute atomic E-state index is 5.71. The normalized spacial score (nSPS) is 13.3. The summed E-state index contributed by atoms with van der Waals surface area (Å²) in [7, 11) is -2.86. The van der Waals surface area contributed by atoms with Crippen molar-refractivity contribution in [2.75, 3.05) is 0 Å². The lowest BCUT2D eigenvalue weighted by molar-refractivity contribution is 1.00. The van der Waals surface area contributed by atoms with Crippen molar-refractivity contribution >= 4 is 82.1 Å². The number of nitrogens with zero attached hydrogens (tertiary/aromatic N) is 3. The van der Waals surface area contributed by atoms with Gasteiger partial charge in [0.15, 0.2) is 8.07 Å². The second-order valence-electron chi connectivity index (χ2n) is 13.3. The van der Waals surface area contributed by atoms with Crippen LogP contribution in [0.4, 0.5) is 0 Å². The number of para-hydroxylation sites is 1. The number of rotatable bonds is 4. The molecule has 0 spiro atoms. The van der Waals surface area contributed by atoms with Crippen molar-refractivity contribution in [3.8, 4) is 28.5 Å². The summed E-state index contributed by atoms with van der Waals surface area (Å²) in [6.45, 7) is 0. The maximum Gasteiger partial charge on any atom is 0.235 e. The van der Waals surface area contributed by atoms with Crippen LogP contribution in [0.25, 0.3) is 70.4 Å². The molecule has 11 rings (SSSR count). The Bertz CT molecular complexity index is 2930. The van der Waals surface area contributed by atoms with Gasteiger partial charge in [-0.05, 0) is 39.8 Å². The van der Waals surface area contributed by atoms with Crippen LogP contribution in [-0.4, -0.2) is 22.6 Å². The summed E-state index contributed by atoms with van der Waals surface area (Å²) in [6.07, 6.45) is 0. The Labute approximate surface area is 299 Å². The van der Waals surface area contributed by atoms with Gasteiger partial charge in [-0.1, -0.05) is 152 Å². The molecule has 3 aromatic heterocycles. The topological polar surface area (TPSA) is 30.7 Å².